The van der Waals surface area contributed by atoms with Crippen LogP contribution in [0.1, 0.15) is 12.8 Å². The number of rotatable bonds is 10. The number of amides is 1. The highest BCUT2D eigenvalue weighted by Crippen LogP contribution is 2.31. The van der Waals surface area contributed by atoms with Crippen molar-refractivity contribution in [3.05, 3.63) is 0 Å². The summed E-state index contributed by atoms with van der Waals surface area (Å²) in [5.74, 6) is -0.936. The molecule has 2 heterocycles. The highest BCUT2D eigenvalue weighted by Gasteiger charge is 2.52. The quantitative estimate of drug-likeness (QED) is 0.113. The molecule has 1 aliphatic carbocycles. The number of hydrogen-bond acceptors (Lipinski definition) is 17. The van der Waals surface area contributed by atoms with E-state index in [2.05, 4.69) is 5.32 Å². The summed E-state index contributed by atoms with van der Waals surface area (Å²) in [5.41, 5.74) is 23.2. The van der Waals surface area contributed by atoms with Crippen molar-refractivity contribution in [1.82, 2.24) is 5.32 Å². The molecule has 3 rings (SSSR count). The molecule has 0 spiro atoms. The minimum Gasteiger partial charge on any atom is -0.394 e. The van der Waals surface area contributed by atoms with Gasteiger partial charge in [-0.3, -0.25) is 4.79 Å². The van der Waals surface area contributed by atoms with E-state index in [0.29, 0.717) is 0 Å². The van der Waals surface area contributed by atoms with E-state index in [9.17, 15) is 45.6 Å². The Morgan fingerprint density at radius 1 is 0.825 bits per heavy atom. The standard InChI is InChI=1S/C22H43N5O13/c23-2-1-8(29)20(36)27-11-12(30)10(5-28)38-21(14(11)32)39-18-6(25)3-7(26)19(17(18)35)40-22-16(34)15(33)13(31)9(4-24)37-22/h6-19,21-22,28-35H,1-5,23-26H2,(H,27,36)/t6-,7+,8+,9+,10+,11+,12-,13-,14-,15-,16-,17-,18+,19-,21-,22-/m1/s1. The van der Waals surface area contributed by atoms with Gasteiger partial charge in [0, 0.05) is 18.6 Å². The van der Waals surface area contributed by atoms with Crippen LogP contribution in [0.5, 0.6) is 0 Å². The molecule has 3 aliphatic rings. The lowest BCUT2D eigenvalue weighted by Crippen LogP contribution is -2.69. The van der Waals surface area contributed by atoms with Crippen molar-refractivity contribution in [2.75, 3.05) is 19.7 Å². The van der Waals surface area contributed by atoms with Crippen LogP contribution < -0.4 is 28.3 Å². The molecule has 17 N–H and O–H groups in total. The molecule has 3 fully saturated rings. The normalized spacial score (nSPS) is 47.0. The van der Waals surface area contributed by atoms with Crippen LogP contribution >= 0.6 is 0 Å². The molecule has 16 atom stereocenters. The zero-order valence-electron chi connectivity index (χ0n) is 21.7. The summed E-state index contributed by atoms with van der Waals surface area (Å²) in [4.78, 5) is 12.3. The third kappa shape index (κ3) is 7.06. The first-order valence-corrected chi connectivity index (χ1v) is 13.1. The minimum atomic E-state index is -1.76. The van der Waals surface area contributed by atoms with E-state index < -0.39 is 110 Å². The number of aliphatic hydroxyl groups is 8. The van der Waals surface area contributed by atoms with Gasteiger partial charge in [0.25, 0.3) is 0 Å². The van der Waals surface area contributed by atoms with Crippen molar-refractivity contribution in [2.24, 2.45) is 22.9 Å². The van der Waals surface area contributed by atoms with Crippen LogP contribution in [-0.2, 0) is 23.7 Å². The molecular formula is C22H43N5O13. The number of hydrogen-bond donors (Lipinski definition) is 13. The van der Waals surface area contributed by atoms with Gasteiger partial charge in [0.05, 0.1) is 12.6 Å². The van der Waals surface area contributed by atoms with Crippen LogP contribution in [0, 0.1) is 0 Å². The van der Waals surface area contributed by atoms with Crippen molar-refractivity contribution in [3.63, 3.8) is 0 Å². The monoisotopic (exact) mass is 585 g/mol. The predicted octanol–water partition coefficient (Wildman–Crippen LogP) is -8.42. The molecule has 0 aromatic carbocycles. The first-order chi connectivity index (χ1) is 18.9. The van der Waals surface area contributed by atoms with Crippen molar-refractivity contribution in [2.45, 2.75) is 111 Å². The Bertz CT molecular complexity index is 817. The summed E-state index contributed by atoms with van der Waals surface area (Å²) in [6, 6.07) is -3.32. The van der Waals surface area contributed by atoms with E-state index in [-0.39, 0.29) is 25.9 Å². The van der Waals surface area contributed by atoms with Crippen molar-refractivity contribution in [3.8, 4) is 0 Å². The lowest BCUT2D eigenvalue weighted by molar-refractivity contribution is -0.332. The van der Waals surface area contributed by atoms with E-state index >= 15 is 0 Å². The average molecular weight is 586 g/mol. The highest BCUT2D eigenvalue weighted by atomic mass is 16.7. The zero-order valence-corrected chi connectivity index (χ0v) is 21.7. The number of nitrogens with two attached hydrogens (primary N) is 4. The van der Waals surface area contributed by atoms with E-state index in [1.165, 1.54) is 0 Å². The fourth-order valence-electron chi connectivity index (χ4n) is 5.09. The summed E-state index contributed by atoms with van der Waals surface area (Å²) in [5, 5.41) is 85.0. The summed E-state index contributed by atoms with van der Waals surface area (Å²) in [6.07, 6.45) is -19.7. The van der Waals surface area contributed by atoms with E-state index in [4.69, 9.17) is 41.9 Å². The van der Waals surface area contributed by atoms with Gasteiger partial charge < -0.3 is 88.1 Å². The second-order valence-electron chi connectivity index (χ2n) is 10.3. The first kappa shape index (κ1) is 33.3. The summed E-state index contributed by atoms with van der Waals surface area (Å²) < 4.78 is 22.4. The lowest BCUT2D eigenvalue weighted by atomic mass is 9.84. The average Bonchev–Trinajstić information content (AvgIpc) is 2.92. The van der Waals surface area contributed by atoms with E-state index in [1.807, 2.05) is 0 Å². The van der Waals surface area contributed by atoms with Crippen LogP contribution in [0.25, 0.3) is 0 Å². The molecule has 2 saturated heterocycles. The van der Waals surface area contributed by atoms with Gasteiger partial charge in [-0.15, -0.1) is 0 Å². The maximum absolute atomic E-state index is 12.3. The fourth-order valence-corrected chi connectivity index (χ4v) is 5.09. The van der Waals surface area contributed by atoms with Crippen molar-refractivity contribution in [1.29, 1.82) is 0 Å². The molecule has 0 bridgehead atoms. The fraction of sp³-hybridized carbons (Fsp3) is 0.955. The van der Waals surface area contributed by atoms with Gasteiger partial charge in [0.2, 0.25) is 5.91 Å². The van der Waals surface area contributed by atoms with E-state index in [1.54, 1.807) is 0 Å². The summed E-state index contributed by atoms with van der Waals surface area (Å²) in [7, 11) is 0. The van der Waals surface area contributed by atoms with Gasteiger partial charge >= 0.3 is 0 Å². The third-order valence-corrected chi connectivity index (χ3v) is 7.48. The highest BCUT2D eigenvalue weighted by molar-refractivity contribution is 5.80. The van der Waals surface area contributed by atoms with Crippen LogP contribution in [0.3, 0.4) is 0 Å². The molecule has 1 amide bonds. The topological polar surface area (TPSA) is 332 Å². The number of carbonyl (C=O) groups excluding carboxylic acids is 1. The summed E-state index contributed by atoms with van der Waals surface area (Å²) >= 11 is 0. The van der Waals surface area contributed by atoms with Gasteiger partial charge in [0.15, 0.2) is 12.6 Å². The third-order valence-electron chi connectivity index (χ3n) is 7.48. The molecule has 18 heteroatoms. The number of ether oxygens (including phenoxy) is 4. The molecule has 2 aliphatic heterocycles. The maximum atomic E-state index is 12.3. The second kappa shape index (κ2) is 14.3. The van der Waals surface area contributed by atoms with Crippen LogP contribution in [-0.4, -0.2) is 164 Å². The Balaban J connectivity index is 1.75. The molecule has 1 saturated carbocycles. The predicted molar refractivity (Wildman–Crippen MR) is 131 cm³/mol. The number of aliphatic hydroxyl groups excluding tert-OH is 8. The molecule has 40 heavy (non-hydrogen) atoms. The summed E-state index contributed by atoms with van der Waals surface area (Å²) in [6.45, 7) is -0.957. The molecule has 0 aromatic heterocycles. The van der Waals surface area contributed by atoms with Gasteiger partial charge in [-0.25, -0.2) is 0 Å². The smallest absolute Gasteiger partial charge is 0.249 e. The second-order valence-corrected chi connectivity index (χ2v) is 10.3. The Morgan fingerprint density at radius 3 is 1.90 bits per heavy atom. The Kier molecular flexibility index (Phi) is 11.9. The zero-order chi connectivity index (χ0) is 29.9. The van der Waals surface area contributed by atoms with Crippen LogP contribution in [0.2, 0.25) is 0 Å². The lowest BCUT2D eigenvalue weighted by Gasteiger charge is -2.48. The van der Waals surface area contributed by atoms with Gasteiger partial charge in [0.1, 0.15) is 67.1 Å². The van der Waals surface area contributed by atoms with Crippen LogP contribution in [0.4, 0.5) is 0 Å². The molecule has 0 unspecified atom stereocenters. The number of nitrogens with one attached hydrogen (secondary N) is 1. The molecule has 234 valence electrons. The van der Waals surface area contributed by atoms with Crippen molar-refractivity contribution >= 4 is 5.91 Å². The minimum absolute atomic E-state index is 0.00101. The Labute approximate surface area is 229 Å². The van der Waals surface area contributed by atoms with Gasteiger partial charge in [-0.2, -0.15) is 0 Å². The molecule has 18 nitrogen and oxygen atoms in total. The largest absolute Gasteiger partial charge is 0.394 e. The van der Waals surface area contributed by atoms with Gasteiger partial charge in [-0.1, -0.05) is 0 Å². The molecule has 0 aromatic rings. The van der Waals surface area contributed by atoms with E-state index in [0.717, 1.165) is 0 Å². The molecule has 0 radical (unpaired) electrons. The Hall–Kier alpha value is -1.17. The SMILES string of the molecule is NCC[C@H](O)C(=O)N[C@@H]1[C@@H](O)[C@@H](O[C@@H]2[C@@H](O)[C@H](O[C@H]3O[C@@H](CN)[C@@H](O)[C@@H](O)[C@H]3O)[C@@H](N)C[C@H]2N)O[C@@H](CO)[C@H]1O. The maximum Gasteiger partial charge on any atom is 0.249 e. The Morgan fingerprint density at radius 2 is 1.38 bits per heavy atom. The van der Waals surface area contributed by atoms with Crippen molar-refractivity contribution < 1.29 is 64.6 Å². The first-order valence-electron chi connectivity index (χ1n) is 13.1. The van der Waals surface area contributed by atoms with Gasteiger partial charge in [-0.05, 0) is 19.4 Å². The molecular weight excluding hydrogens is 542 g/mol. The van der Waals surface area contributed by atoms with Crippen LogP contribution in [0.15, 0.2) is 0 Å². The number of carbonyl (C=O) groups is 1.